The maximum absolute atomic E-state index is 12.2. The Kier molecular flexibility index (Phi) is 7.52. The summed E-state index contributed by atoms with van der Waals surface area (Å²) in [6.45, 7) is 14.6. The van der Waals surface area contributed by atoms with Crippen molar-refractivity contribution in [2.24, 2.45) is 11.8 Å². The molecule has 0 aliphatic carbocycles. The summed E-state index contributed by atoms with van der Waals surface area (Å²) in [7, 11) is 0. The molecule has 118 valence electrons. The van der Waals surface area contributed by atoms with Gasteiger partial charge in [0.1, 0.15) is 0 Å². The van der Waals surface area contributed by atoms with Gasteiger partial charge in [-0.2, -0.15) is 0 Å². The highest BCUT2D eigenvalue weighted by molar-refractivity contribution is 5.81. The number of likely N-dealkylation sites (tertiary alicyclic amines) is 1. The monoisotopic (exact) mass is 283 g/mol. The Labute approximate surface area is 124 Å². The smallest absolute Gasteiger partial charge is 0.237 e. The lowest BCUT2D eigenvalue weighted by Gasteiger charge is -2.41. The van der Waals surface area contributed by atoms with Crippen LogP contribution >= 0.6 is 0 Å². The predicted molar refractivity (Wildman–Crippen MR) is 84.7 cm³/mol. The van der Waals surface area contributed by atoms with Crippen molar-refractivity contribution in [2.75, 3.05) is 26.2 Å². The van der Waals surface area contributed by atoms with Crippen LogP contribution in [0.4, 0.5) is 0 Å². The van der Waals surface area contributed by atoms with E-state index in [0.717, 1.165) is 32.6 Å². The Morgan fingerprint density at radius 3 is 2.55 bits per heavy atom. The first-order chi connectivity index (χ1) is 9.49. The minimum absolute atomic E-state index is 0.00891. The van der Waals surface area contributed by atoms with Gasteiger partial charge < -0.3 is 10.6 Å². The fourth-order valence-electron chi connectivity index (χ4n) is 2.97. The molecule has 1 aliphatic heterocycles. The van der Waals surface area contributed by atoms with E-state index >= 15 is 0 Å². The predicted octanol–water partition coefficient (Wildman–Crippen LogP) is 1.86. The maximum Gasteiger partial charge on any atom is 0.237 e. The number of nitrogens with one attached hydrogen (secondary N) is 2. The normalized spacial score (nSPS) is 25.7. The number of amides is 1. The van der Waals surface area contributed by atoms with E-state index < -0.39 is 0 Å². The molecule has 1 aliphatic rings. The molecule has 0 radical (unpaired) electrons. The van der Waals surface area contributed by atoms with Gasteiger partial charge >= 0.3 is 0 Å². The van der Waals surface area contributed by atoms with Gasteiger partial charge in [0.05, 0.1) is 6.04 Å². The van der Waals surface area contributed by atoms with E-state index in [-0.39, 0.29) is 11.9 Å². The first kappa shape index (κ1) is 17.4. The third-order valence-corrected chi connectivity index (χ3v) is 4.37. The van der Waals surface area contributed by atoms with Crippen LogP contribution in [0, 0.1) is 11.8 Å². The van der Waals surface area contributed by atoms with Gasteiger partial charge in [0.25, 0.3) is 0 Å². The lowest BCUT2D eigenvalue weighted by molar-refractivity contribution is -0.126. The number of rotatable bonds is 7. The zero-order valence-electron chi connectivity index (χ0n) is 13.9. The minimum atomic E-state index is -0.00891. The third kappa shape index (κ3) is 5.06. The van der Waals surface area contributed by atoms with Gasteiger partial charge in [-0.05, 0) is 31.7 Å². The van der Waals surface area contributed by atoms with Crippen molar-refractivity contribution >= 4 is 5.91 Å². The van der Waals surface area contributed by atoms with Gasteiger partial charge in [-0.3, -0.25) is 9.69 Å². The summed E-state index contributed by atoms with van der Waals surface area (Å²) < 4.78 is 0. The number of carbonyl (C=O) groups is 1. The summed E-state index contributed by atoms with van der Waals surface area (Å²) in [5.74, 6) is 1.34. The highest BCUT2D eigenvalue weighted by Crippen LogP contribution is 2.21. The number of hydrogen-bond acceptors (Lipinski definition) is 3. The van der Waals surface area contributed by atoms with Gasteiger partial charge in [0, 0.05) is 25.7 Å². The number of hydrogen-bond donors (Lipinski definition) is 2. The van der Waals surface area contributed by atoms with Crippen LogP contribution in [0.5, 0.6) is 0 Å². The topological polar surface area (TPSA) is 44.4 Å². The molecule has 0 saturated carbocycles. The average Bonchev–Trinajstić information content (AvgIpc) is 2.44. The number of piperidine rings is 1. The lowest BCUT2D eigenvalue weighted by Crippen LogP contribution is -2.55. The van der Waals surface area contributed by atoms with Gasteiger partial charge in [-0.25, -0.2) is 0 Å². The van der Waals surface area contributed by atoms with E-state index in [1.807, 2.05) is 6.92 Å². The van der Waals surface area contributed by atoms with Crippen LogP contribution < -0.4 is 10.6 Å². The van der Waals surface area contributed by atoms with E-state index in [0.29, 0.717) is 17.9 Å². The molecule has 1 fully saturated rings. The van der Waals surface area contributed by atoms with Crippen molar-refractivity contribution in [3.05, 3.63) is 0 Å². The quantitative estimate of drug-likeness (QED) is 0.749. The summed E-state index contributed by atoms with van der Waals surface area (Å²) >= 11 is 0. The molecule has 1 amide bonds. The molecule has 3 unspecified atom stereocenters. The fraction of sp³-hybridized carbons (Fsp3) is 0.938. The van der Waals surface area contributed by atoms with Crippen LogP contribution in [0.3, 0.4) is 0 Å². The molecular weight excluding hydrogens is 250 g/mol. The van der Waals surface area contributed by atoms with Crippen LogP contribution in [0.2, 0.25) is 0 Å². The van der Waals surface area contributed by atoms with E-state index in [9.17, 15) is 4.79 Å². The summed E-state index contributed by atoms with van der Waals surface area (Å²) in [6, 6.07) is 0.609. The van der Waals surface area contributed by atoms with Gasteiger partial charge in [-0.15, -0.1) is 0 Å². The molecule has 0 spiro atoms. The van der Waals surface area contributed by atoms with Crippen LogP contribution in [0.15, 0.2) is 0 Å². The molecule has 4 nitrogen and oxygen atoms in total. The highest BCUT2D eigenvalue weighted by Gasteiger charge is 2.31. The van der Waals surface area contributed by atoms with Crippen LogP contribution in [0.25, 0.3) is 0 Å². The third-order valence-electron chi connectivity index (χ3n) is 4.37. The minimum Gasteiger partial charge on any atom is -0.354 e. The van der Waals surface area contributed by atoms with E-state index in [2.05, 4.69) is 43.2 Å². The van der Waals surface area contributed by atoms with Gasteiger partial charge in [-0.1, -0.05) is 34.1 Å². The van der Waals surface area contributed by atoms with E-state index in [1.54, 1.807) is 0 Å². The van der Waals surface area contributed by atoms with Crippen molar-refractivity contribution in [3.8, 4) is 0 Å². The first-order valence-corrected chi connectivity index (χ1v) is 8.24. The summed E-state index contributed by atoms with van der Waals surface area (Å²) in [6.07, 6.45) is 2.32. The van der Waals surface area contributed by atoms with Crippen molar-refractivity contribution in [1.29, 1.82) is 0 Å². The molecule has 1 heterocycles. The Balaban J connectivity index is 2.49. The standard InChI is InChI=1S/C16H33N3O/c1-6-14-11-19(9-8-15(14)17-7-2)13(5)16(20)18-10-12(3)4/h12-15,17H,6-11H2,1-5H3,(H,18,20). The lowest BCUT2D eigenvalue weighted by atomic mass is 9.89. The van der Waals surface area contributed by atoms with Crippen LogP contribution in [-0.2, 0) is 4.79 Å². The Morgan fingerprint density at radius 1 is 1.30 bits per heavy atom. The molecular formula is C16H33N3O. The van der Waals surface area contributed by atoms with Crippen LogP contribution in [-0.4, -0.2) is 49.1 Å². The molecule has 0 aromatic heterocycles. The maximum atomic E-state index is 12.2. The van der Waals surface area contributed by atoms with Gasteiger partial charge in [0.15, 0.2) is 0 Å². The van der Waals surface area contributed by atoms with Crippen molar-refractivity contribution in [3.63, 3.8) is 0 Å². The summed E-state index contributed by atoms with van der Waals surface area (Å²) in [5.41, 5.74) is 0. The van der Waals surface area contributed by atoms with E-state index in [4.69, 9.17) is 0 Å². The Morgan fingerprint density at radius 2 is 2.00 bits per heavy atom. The Bertz CT molecular complexity index is 293. The highest BCUT2D eigenvalue weighted by atomic mass is 16.2. The van der Waals surface area contributed by atoms with E-state index in [1.165, 1.54) is 6.42 Å². The molecule has 3 atom stereocenters. The van der Waals surface area contributed by atoms with Crippen LogP contribution in [0.1, 0.15) is 47.5 Å². The number of nitrogens with zero attached hydrogens (tertiary/aromatic N) is 1. The molecule has 20 heavy (non-hydrogen) atoms. The molecule has 1 rings (SSSR count). The summed E-state index contributed by atoms with van der Waals surface area (Å²) in [4.78, 5) is 14.5. The average molecular weight is 283 g/mol. The first-order valence-electron chi connectivity index (χ1n) is 8.24. The fourth-order valence-corrected chi connectivity index (χ4v) is 2.97. The zero-order valence-corrected chi connectivity index (χ0v) is 13.9. The molecule has 0 aromatic carbocycles. The zero-order chi connectivity index (χ0) is 15.1. The Hall–Kier alpha value is -0.610. The largest absolute Gasteiger partial charge is 0.354 e. The SMILES string of the molecule is CCNC1CCN(C(C)C(=O)NCC(C)C)CC1CC. The second-order valence-electron chi connectivity index (χ2n) is 6.43. The van der Waals surface area contributed by atoms with Crippen molar-refractivity contribution < 1.29 is 4.79 Å². The van der Waals surface area contributed by atoms with Crippen molar-refractivity contribution in [1.82, 2.24) is 15.5 Å². The molecule has 0 aromatic rings. The second kappa shape index (κ2) is 8.63. The molecule has 4 heteroatoms. The molecule has 0 bridgehead atoms. The number of carbonyl (C=O) groups excluding carboxylic acids is 1. The second-order valence-corrected chi connectivity index (χ2v) is 6.43. The van der Waals surface area contributed by atoms with Gasteiger partial charge in [0.2, 0.25) is 5.91 Å². The van der Waals surface area contributed by atoms with Crippen molar-refractivity contribution in [2.45, 2.75) is 59.5 Å². The molecule has 1 saturated heterocycles. The molecule has 2 N–H and O–H groups in total. The summed E-state index contributed by atoms with van der Waals surface area (Å²) in [5, 5.41) is 6.64.